The summed E-state index contributed by atoms with van der Waals surface area (Å²) in [5.41, 5.74) is 5.46. The van der Waals surface area contributed by atoms with Crippen molar-refractivity contribution in [3.63, 3.8) is 0 Å². The van der Waals surface area contributed by atoms with Crippen molar-refractivity contribution in [3.05, 3.63) is 88.2 Å². The van der Waals surface area contributed by atoms with Crippen LogP contribution < -0.4 is 0 Å². The average Bonchev–Trinajstić information content (AvgIpc) is 3.09. The number of aromatic nitrogens is 2. The number of alkyl halides is 1. The Kier molecular flexibility index (Phi) is 7.25. The van der Waals surface area contributed by atoms with Crippen LogP contribution in [0.1, 0.15) is 39.7 Å². The second kappa shape index (κ2) is 10.1. The molecule has 0 saturated carbocycles. The summed E-state index contributed by atoms with van der Waals surface area (Å²) in [4.78, 5) is 2.29. The summed E-state index contributed by atoms with van der Waals surface area (Å²) in [6.07, 6.45) is 0. The van der Waals surface area contributed by atoms with Crippen LogP contribution in [-0.4, -0.2) is 27.1 Å². The standard InChI is InChI=1S/C24H24ClN5/c1-18-9-19(2)30(28-18)24(12-25)17-29(15-22-7-3-5-20(10-22)13-26)16-23-8-4-6-21(11-23)14-27/h3-11,24H,12,15-17H2,1-2H3/t24-/m0/s1. The number of nitrogens with zero attached hydrogens (tertiary/aromatic N) is 5. The number of benzene rings is 2. The van der Waals surface area contributed by atoms with Gasteiger partial charge in [0.25, 0.3) is 0 Å². The molecule has 1 aromatic heterocycles. The molecule has 0 fully saturated rings. The third-order valence-electron chi connectivity index (χ3n) is 4.96. The molecular weight excluding hydrogens is 394 g/mol. The lowest BCUT2D eigenvalue weighted by atomic mass is 10.1. The Morgan fingerprint density at radius 1 is 0.967 bits per heavy atom. The van der Waals surface area contributed by atoms with Gasteiger partial charge >= 0.3 is 0 Å². The number of aryl methyl sites for hydroxylation is 2. The summed E-state index contributed by atoms with van der Waals surface area (Å²) in [6, 6.07) is 21.8. The monoisotopic (exact) mass is 417 g/mol. The molecule has 0 aliphatic heterocycles. The fourth-order valence-electron chi connectivity index (χ4n) is 3.69. The third-order valence-corrected chi connectivity index (χ3v) is 5.32. The first-order valence-electron chi connectivity index (χ1n) is 9.81. The van der Waals surface area contributed by atoms with Gasteiger partial charge in [0.05, 0.1) is 35.0 Å². The van der Waals surface area contributed by atoms with E-state index in [4.69, 9.17) is 11.6 Å². The fourth-order valence-corrected chi connectivity index (χ4v) is 3.91. The molecular formula is C24H24ClN5. The predicted octanol–water partition coefficient (Wildman–Crippen LogP) is 4.73. The molecule has 0 saturated heterocycles. The van der Waals surface area contributed by atoms with E-state index in [2.05, 4.69) is 28.2 Å². The van der Waals surface area contributed by atoms with Gasteiger partial charge in [-0.3, -0.25) is 9.58 Å². The highest BCUT2D eigenvalue weighted by Crippen LogP contribution is 2.19. The smallest absolute Gasteiger partial charge is 0.0991 e. The van der Waals surface area contributed by atoms with Gasteiger partial charge in [-0.2, -0.15) is 15.6 Å². The van der Waals surface area contributed by atoms with Gasteiger partial charge in [0, 0.05) is 31.2 Å². The minimum Gasteiger partial charge on any atom is -0.293 e. The van der Waals surface area contributed by atoms with Crippen LogP contribution in [-0.2, 0) is 13.1 Å². The average molecular weight is 418 g/mol. The number of hydrogen-bond donors (Lipinski definition) is 0. The van der Waals surface area contributed by atoms with Crippen LogP contribution in [0.4, 0.5) is 0 Å². The van der Waals surface area contributed by atoms with Crippen molar-refractivity contribution in [2.45, 2.75) is 33.0 Å². The molecule has 2 aromatic carbocycles. The second-order valence-electron chi connectivity index (χ2n) is 7.47. The summed E-state index contributed by atoms with van der Waals surface area (Å²) in [5.74, 6) is 0.439. The Labute approximate surface area is 182 Å². The van der Waals surface area contributed by atoms with Gasteiger partial charge in [0.2, 0.25) is 0 Å². The number of rotatable bonds is 8. The second-order valence-corrected chi connectivity index (χ2v) is 7.78. The molecule has 3 rings (SSSR count). The Bertz CT molecular complexity index is 1030. The van der Waals surface area contributed by atoms with E-state index in [1.807, 2.05) is 67.1 Å². The molecule has 1 heterocycles. The Morgan fingerprint density at radius 2 is 1.53 bits per heavy atom. The van der Waals surface area contributed by atoms with Crippen molar-refractivity contribution >= 4 is 11.6 Å². The van der Waals surface area contributed by atoms with Crippen molar-refractivity contribution < 1.29 is 0 Å². The number of nitriles is 2. The lowest BCUT2D eigenvalue weighted by Crippen LogP contribution is -2.32. The lowest BCUT2D eigenvalue weighted by Gasteiger charge is -2.28. The van der Waals surface area contributed by atoms with Crippen molar-refractivity contribution in [1.29, 1.82) is 10.5 Å². The van der Waals surface area contributed by atoms with E-state index in [0.717, 1.165) is 22.5 Å². The molecule has 0 radical (unpaired) electrons. The zero-order valence-corrected chi connectivity index (χ0v) is 18.0. The summed E-state index contributed by atoms with van der Waals surface area (Å²) in [7, 11) is 0. The SMILES string of the molecule is Cc1cc(C)n([C@@H](CCl)CN(Cc2cccc(C#N)c2)Cc2cccc(C#N)c2)n1. The molecule has 152 valence electrons. The Balaban J connectivity index is 1.88. The van der Waals surface area contributed by atoms with Crippen LogP contribution in [0.3, 0.4) is 0 Å². The van der Waals surface area contributed by atoms with Gasteiger partial charge in [0.15, 0.2) is 0 Å². The van der Waals surface area contributed by atoms with Gasteiger partial charge in [-0.05, 0) is 55.3 Å². The summed E-state index contributed by atoms with van der Waals surface area (Å²) >= 11 is 6.36. The Hall–Kier alpha value is -3.12. The van der Waals surface area contributed by atoms with Crippen molar-refractivity contribution in [2.75, 3.05) is 12.4 Å². The van der Waals surface area contributed by atoms with Crippen LogP contribution in [0.5, 0.6) is 0 Å². The van der Waals surface area contributed by atoms with Crippen molar-refractivity contribution in [1.82, 2.24) is 14.7 Å². The minimum atomic E-state index is 0.0127. The first-order chi connectivity index (χ1) is 14.5. The molecule has 0 aliphatic carbocycles. The first kappa shape index (κ1) is 21.6. The maximum absolute atomic E-state index is 9.23. The van der Waals surface area contributed by atoms with E-state index < -0.39 is 0 Å². The number of hydrogen-bond acceptors (Lipinski definition) is 4. The van der Waals surface area contributed by atoms with E-state index in [1.165, 1.54) is 0 Å². The molecule has 0 bridgehead atoms. The fraction of sp³-hybridized carbons (Fsp3) is 0.292. The molecule has 0 amide bonds. The normalized spacial score (nSPS) is 11.8. The molecule has 5 nitrogen and oxygen atoms in total. The van der Waals surface area contributed by atoms with Gasteiger partial charge in [-0.25, -0.2) is 0 Å². The lowest BCUT2D eigenvalue weighted by molar-refractivity contribution is 0.215. The summed E-state index contributed by atoms with van der Waals surface area (Å²) in [5, 5.41) is 23.1. The van der Waals surface area contributed by atoms with E-state index in [0.29, 0.717) is 36.6 Å². The quantitative estimate of drug-likeness (QED) is 0.497. The van der Waals surface area contributed by atoms with E-state index >= 15 is 0 Å². The van der Waals surface area contributed by atoms with Gasteiger partial charge in [-0.15, -0.1) is 11.6 Å². The summed E-state index contributed by atoms with van der Waals surface area (Å²) < 4.78 is 1.99. The predicted molar refractivity (Wildman–Crippen MR) is 118 cm³/mol. The topological polar surface area (TPSA) is 68.6 Å². The number of halogens is 1. The van der Waals surface area contributed by atoms with Crippen molar-refractivity contribution in [2.24, 2.45) is 0 Å². The zero-order valence-electron chi connectivity index (χ0n) is 17.2. The first-order valence-corrected chi connectivity index (χ1v) is 10.3. The van der Waals surface area contributed by atoms with Crippen LogP contribution in [0, 0.1) is 36.5 Å². The van der Waals surface area contributed by atoms with E-state index in [1.54, 1.807) is 0 Å². The Morgan fingerprint density at radius 3 is 1.97 bits per heavy atom. The van der Waals surface area contributed by atoms with Crippen LogP contribution in [0.25, 0.3) is 0 Å². The molecule has 3 aromatic rings. The third kappa shape index (κ3) is 5.48. The molecule has 1 atom stereocenters. The van der Waals surface area contributed by atoms with E-state index in [-0.39, 0.29) is 6.04 Å². The largest absolute Gasteiger partial charge is 0.293 e. The maximum atomic E-state index is 9.23. The molecule has 0 unspecified atom stereocenters. The maximum Gasteiger partial charge on any atom is 0.0991 e. The minimum absolute atomic E-state index is 0.0127. The molecule has 6 heteroatoms. The van der Waals surface area contributed by atoms with Crippen molar-refractivity contribution in [3.8, 4) is 12.1 Å². The molecule has 0 N–H and O–H groups in total. The van der Waals surface area contributed by atoms with Crippen LogP contribution >= 0.6 is 11.6 Å². The van der Waals surface area contributed by atoms with Gasteiger partial charge < -0.3 is 0 Å². The highest BCUT2D eigenvalue weighted by molar-refractivity contribution is 6.18. The molecule has 0 spiro atoms. The van der Waals surface area contributed by atoms with Gasteiger partial charge in [0.1, 0.15) is 0 Å². The summed E-state index contributed by atoms with van der Waals surface area (Å²) in [6.45, 7) is 6.04. The molecule has 30 heavy (non-hydrogen) atoms. The van der Waals surface area contributed by atoms with Gasteiger partial charge in [-0.1, -0.05) is 24.3 Å². The highest BCUT2D eigenvalue weighted by Gasteiger charge is 2.19. The zero-order chi connectivity index (χ0) is 21.5. The van der Waals surface area contributed by atoms with Crippen LogP contribution in [0.15, 0.2) is 54.6 Å². The van der Waals surface area contributed by atoms with Crippen LogP contribution in [0.2, 0.25) is 0 Å². The molecule has 0 aliphatic rings. The van der Waals surface area contributed by atoms with E-state index in [9.17, 15) is 10.5 Å². The highest BCUT2D eigenvalue weighted by atomic mass is 35.5.